The van der Waals surface area contributed by atoms with Crippen LogP contribution in [0.15, 0.2) is 41.8 Å². The molecule has 6 heteroatoms. The SMILES string of the molecule is Cl.OC(CNC(c1cccs1)C1CCCC1)COc1ccccc1F. The largest absolute Gasteiger partial charge is 0.488 e. The number of thiophene rings is 1. The van der Waals surface area contributed by atoms with Gasteiger partial charge in [-0.1, -0.05) is 31.0 Å². The highest BCUT2D eigenvalue weighted by atomic mass is 35.5. The van der Waals surface area contributed by atoms with Crippen molar-refractivity contribution in [1.82, 2.24) is 5.32 Å². The number of ether oxygens (including phenoxy) is 1. The van der Waals surface area contributed by atoms with Crippen LogP contribution in [0.2, 0.25) is 0 Å². The van der Waals surface area contributed by atoms with Crippen molar-refractivity contribution in [3.63, 3.8) is 0 Å². The van der Waals surface area contributed by atoms with Crippen LogP contribution in [0.25, 0.3) is 0 Å². The summed E-state index contributed by atoms with van der Waals surface area (Å²) in [6.45, 7) is 0.517. The Morgan fingerprint density at radius 2 is 1.96 bits per heavy atom. The van der Waals surface area contributed by atoms with E-state index >= 15 is 0 Å². The van der Waals surface area contributed by atoms with Gasteiger partial charge in [-0.3, -0.25) is 0 Å². The highest BCUT2D eigenvalue weighted by Crippen LogP contribution is 2.37. The lowest BCUT2D eigenvalue weighted by atomic mass is 9.96. The lowest BCUT2D eigenvalue weighted by Crippen LogP contribution is -2.36. The minimum absolute atomic E-state index is 0. The lowest BCUT2D eigenvalue weighted by Gasteiger charge is -2.25. The zero-order valence-electron chi connectivity index (χ0n) is 14.1. The van der Waals surface area contributed by atoms with Crippen molar-refractivity contribution < 1.29 is 14.2 Å². The smallest absolute Gasteiger partial charge is 0.165 e. The van der Waals surface area contributed by atoms with Gasteiger partial charge in [0, 0.05) is 17.5 Å². The van der Waals surface area contributed by atoms with Gasteiger partial charge in [0.2, 0.25) is 0 Å². The van der Waals surface area contributed by atoms with Gasteiger partial charge in [0.25, 0.3) is 0 Å². The molecule has 2 N–H and O–H groups in total. The summed E-state index contributed by atoms with van der Waals surface area (Å²) < 4.78 is 18.9. The van der Waals surface area contributed by atoms with Crippen molar-refractivity contribution in [3.05, 3.63) is 52.5 Å². The number of aliphatic hydroxyl groups is 1. The predicted molar refractivity (Wildman–Crippen MR) is 102 cm³/mol. The van der Waals surface area contributed by atoms with Crippen LogP contribution >= 0.6 is 23.7 Å². The van der Waals surface area contributed by atoms with E-state index in [0.29, 0.717) is 12.5 Å². The van der Waals surface area contributed by atoms with Crippen molar-refractivity contribution >= 4 is 23.7 Å². The van der Waals surface area contributed by atoms with E-state index in [9.17, 15) is 9.50 Å². The summed E-state index contributed by atoms with van der Waals surface area (Å²) in [4.78, 5) is 1.32. The highest BCUT2D eigenvalue weighted by Gasteiger charge is 2.27. The highest BCUT2D eigenvalue weighted by molar-refractivity contribution is 7.10. The van der Waals surface area contributed by atoms with Gasteiger partial charge in [-0.25, -0.2) is 4.39 Å². The van der Waals surface area contributed by atoms with Crippen molar-refractivity contribution in [2.24, 2.45) is 5.92 Å². The quantitative estimate of drug-likeness (QED) is 0.699. The van der Waals surface area contributed by atoms with E-state index < -0.39 is 11.9 Å². The van der Waals surface area contributed by atoms with Crippen molar-refractivity contribution in [2.75, 3.05) is 13.2 Å². The zero-order chi connectivity index (χ0) is 16.8. The number of para-hydroxylation sites is 1. The summed E-state index contributed by atoms with van der Waals surface area (Å²) in [6.07, 6.45) is 4.36. The third kappa shape index (κ3) is 5.68. The summed E-state index contributed by atoms with van der Waals surface area (Å²) in [7, 11) is 0. The average molecular weight is 386 g/mol. The molecular weight excluding hydrogens is 361 g/mol. The first kappa shape index (κ1) is 20.2. The number of halogens is 2. The van der Waals surface area contributed by atoms with E-state index in [-0.39, 0.29) is 30.8 Å². The number of nitrogens with one attached hydrogen (secondary N) is 1. The van der Waals surface area contributed by atoms with Crippen molar-refractivity contribution in [1.29, 1.82) is 0 Å². The topological polar surface area (TPSA) is 41.5 Å². The van der Waals surface area contributed by atoms with Crippen LogP contribution in [-0.2, 0) is 0 Å². The number of benzene rings is 1. The van der Waals surface area contributed by atoms with Crippen molar-refractivity contribution in [3.8, 4) is 5.75 Å². The Labute approximate surface area is 158 Å². The van der Waals surface area contributed by atoms with Crippen LogP contribution < -0.4 is 10.1 Å². The molecule has 1 heterocycles. The third-order valence-electron chi connectivity index (χ3n) is 4.56. The first-order chi connectivity index (χ1) is 11.7. The van der Waals surface area contributed by atoms with E-state index in [1.807, 2.05) is 0 Å². The number of rotatable bonds is 8. The maximum absolute atomic E-state index is 13.5. The van der Waals surface area contributed by atoms with Gasteiger partial charge in [-0.05, 0) is 42.3 Å². The Kier molecular flexibility index (Phi) is 8.16. The fraction of sp³-hybridized carbons (Fsp3) is 0.474. The first-order valence-corrected chi connectivity index (χ1v) is 9.44. The Bertz CT molecular complexity index is 620. The molecule has 1 aliphatic carbocycles. The third-order valence-corrected chi connectivity index (χ3v) is 5.52. The van der Waals surface area contributed by atoms with E-state index in [1.54, 1.807) is 29.5 Å². The number of aliphatic hydroxyl groups excluding tert-OH is 1. The van der Waals surface area contributed by atoms with Crippen LogP contribution in [0.4, 0.5) is 4.39 Å². The second kappa shape index (κ2) is 10.1. The van der Waals surface area contributed by atoms with Crippen LogP contribution in [-0.4, -0.2) is 24.4 Å². The fourth-order valence-electron chi connectivity index (χ4n) is 3.33. The molecule has 0 bridgehead atoms. The van der Waals surface area contributed by atoms with Crippen LogP contribution in [0.5, 0.6) is 5.75 Å². The minimum atomic E-state index is -0.673. The Morgan fingerprint density at radius 1 is 1.20 bits per heavy atom. The molecule has 2 atom stereocenters. The normalized spacial score (nSPS) is 17.0. The van der Waals surface area contributed by atoms with Gasteiger partial charge in [-0.2, -0.15) is 0 Å². The van der Waals surface area contributed by atoms with Crippen LogP contribution in [0.1, 0.15) is 36.6 Å². The molecular formula is C19H25ClFNO2S. The second-order valence-corrected chi connectivity index (χ2v) is 7.32. The summed E-state index contributed by atoms with van der Waals surface area (Å²) in [6, 6.07) is 10.8. The summed E-state index contributed by atoms with van der Waals surface area (Å²) >= 11 is 1.76. The lowest BCUT2D eigenvalue weighted by molar-refractivity contribution is 0.0988. The van der Waals surface area contributed by atoms with Gasteiger partial charge >= 0.3 is 0 Å². The molecule has 3 rings (SSSR count). The molecule has 0 spiro atoms. The molecule has 138 valence electrons. The number of hydrogen-bond donors (Lipinski definition) is 2. The van der Waals surface area contributed by atoms with Gasteiger partial charge in [0.15, 0.2) is 11.6 Å². The maximum Gasteiger partial charge on any atom is 0.165 e. The van der Waals surface area contributed by atoms with Crippen LogP contribution in [0.3, 0.4) is 0 Å². The van der Waals surface area contributed by atoms with E-state index in [1.165, 1.54) is 36.6 Å². The van der Waals surface area contributed by atoms with Gasteiger partial charge in [0.05, 0.1) is 0 Å². The van der Waals surface area contributed by atoms with Crippen molar-refractivity contribution in [2.45, 2.75) is 37.8 Å². The molecule has 0 aliphatic heterocycles. The fourth-order valence-corrected chi connectivity index (χ4v) is 4.22. The molecule has 1 fully saturated rings. The Hall–Kier alpha value is -1.14. The molecule has 2 unspecified atom stereocenters. The summed E-state index contributed by atoms with van der Waals surface area (Å²) in [5.41, 5.74) is 0. The monoisotopic (exact) mass is 385 g/mol. The van der Waals surface area contributed by atoms with E-state index in [4.69, 9.17) is 4.74 Å². The minimum Gasteiger partial charge on any atom is -0.488 e. The molecule has 0 amide bonds. The van der Waals surface area contributed by atoms with Gasteiger partial charge < -0.3 is 15.2 Å². The van der Waals surface area contributed by atoms with Gasteiger partial charge in [-0.15, -0.1) is 23.7 Å². The molecule has 0 saturated heterocycles. The first-order valence-electron chi connectivity index (χ1n) is 8.56. The standard InChI is InChI=1S/C19H24FNO2S.ClH/c20-16-8-3-4-9-17(16)23-13-15(22)12-21-19(14-6-1-2-7-14)18-10-5-11-24-18;/h3-5,8-11,14-15,19,21-22H,1-2,6-7,12-13H2;1H. The summed E-state index contributed by atoms with van der Waals surface area (Å²) in [5.74, 6) is 0.408. The molecule has 1 aromatic heterocycles. The molecule has 2 aromatic rings. The molecule has 3 nitrogen and oxygen atoms in total. The molecule has 0 radical (unpaired) electrons. The van der Waals surface area contributed by atoms with E-state index in [0.717, 1.165) is 0 Å². The maximum atomic E-state index is 13.5. The molecule has 1 saturated carbocycles. The Balaban J connectivity index is 0.00000225. The molecule has 1 aromatic carbocycles. The van der Waals surface area contributed by atoms with Gasteiger partial charge in [0.1, 0.15) is 12.7 Å². The summed E-state index contributed by atoms with van der Waals surface area (Å²) in [5, 5.41) is 15.8. The average Bonchev–Trinajstić information content (AvgIpc) is 3.28. The number of hydrogen-bond acceptors (Lipinski definition) is 4. The molecule has 1 aliphatic rings. The van der Waals surface area contributed by atoms with Crippen LogP contribution in [0, 0.1) is 11.7 Å². The zero-order valence-corrected chi connectivity index (χ0v) is 15.7. The molecule has 25 heavy (non-hydrogen) atoms. The van der Waals surface area contributed by atoms with E-state index in [2.05, 4.69) is 22.8 Å². The predicted octanol–water partition coefficient (Wildman–Crippen LogP) is 4.57. The second-order valence-electron chi connectivity index (χ2n) is 6.34. The Morgan fingerprint density at radius 3 is 2.64 bits per heavy atom.